The summed E-state index contributed by atoms with van der Waals surface area (Å²) >= 11 is 0. The number of aryl methyl sites for hydroxylation is 1. The van der Waals surface area contributed by atoms with Crippen molar-refractivity contribution in [2.24, 2.45) is 0 Å². The molecule has 124 valence electrons. The molecule has 0 aliphatic carbocycles. The van der Waals surface area contributed by atoms with Crippen LogP contribution in [-0.4, -0.2) is 37.6 Å². The Kier molecular flexibility index (Phi) is 4.59. The van der Waals surface area contributed by atoms with Crippen LogP contribution in [0.2, 0.25) is 0 Å². The van der Waals surface area contributed by atoms with E-state index in [9.17, 15) is 9.18 Å². The van der Waals surface area contributed by atoms with E-state index in [0.29, 0.717) is 36.1 Å². The van der Waals surface area contributed by atoms with Crippen molar-refractivity contribution in [3.63, 3.8) is 0 Å². The van der Waals surface area contributed by atoms with Gasteiger partial charge in [-0.25, -0.2) is 9.07 Å². The van der Waals surface area contributed by atoms with Gasteiger partial charge in [0.15, 0.2) is 11.5 Å². The second-order valence-corrected chi connectivity index (χ2v) is 5.13. The largest absolute Gasteiger partial charge is 0.354 e. The van der Waals surface area contributed by atoms with Crippen molar-refractivity contribution in [3.05, 3.63) is 47.7 Å². The number of hydrogen-bond donors (Lipinski definition) is 1. The molecule has 3 rings (SSSR count). The summed E-state index contributed by atoms with van der Waals surface area (Å²) in [5, 5.41) is 14.3. The molecule has 0 atom stereocenters. The minimum absolute atomic E-state index is 0.00343. The lowest BCUT2D eigenvalue weighted by Gasteiger charge is -2.05. The summed E-state index contributed by atoms with van der Waals surface area (Å²) in [5.74, 6) is 0.165. The summed E-state index contributed by atoms with van der Waals surface area (Å²) in [5.41, 5.74) is 0.832. The second kappa shape index (κ2) is 6.99. The number of carbonyl (C=O) groups excluding carboxylic acids is 1. The van der Waals surface area contributed by atoms with Crippen molar-refractivity contribution in [1.82, 2.24) is 30.5 Å². The van der Waals surface area contributed by atoms with Crippen LogP contribution in [0.5, 0.6) is 0 Å². The zero-order chi connectivity index (χ0) is 16.9. The number of amides is 1. The molecule has 2 aromatic heterocycles. The molecule has 0 fully saturated rings. The van der Waals surface area contributed by atoms with Crippen LogP contribution in [0.25, 0.3) is 11.6 Å². The topological polar surface area (TPSA) is 98.7 Å². The highest BCUT2D eigenvalue weighted by atomic mass is 19.1. The van der Waals surface area contributed by atoms with Gasteiger partial charge in [0.1, 0.15) is 5.82 Å². The van der Waals surface area contributed by atoms with Crippen molar-refractivity contribution < 1.29 is 13.7 Å². The number of benzene rings is 1. The number of rotatable bonds is 6. The van der Waals surface area contributed by atoms with Crippen molar-refractivity contribution >= 4 is 5.91 Å². The van der Waals surface area contributed by atoms with E-state index < -0.39 is 0 Å². The summed E-state index contributed by atoms with van der Waals surface area (Å²) in [6.07, 6.45) is 1.65. The van der Waals surface area contributed by atoms with Crippen molar-refractivity contribution in [3.8, 4) is 11.6 Å². The average Bonchev–Trinajstić information content (AvgIpc) is 3.18. The zero-order valence-electron chi connectivity index (χ0n) is 12.9. The van der Waals surface area contributed by atoms with E-state index in [-0.39, 0.29) is 18.1 Å². The maximum atomic E-state index is 13.5. The van der Waals surface area contributed by atoms with Crippen LogP contribution in [0.15, 0.2) is 35.0 Å². The van der Waals surface area contributed by atoms with Gasteiger partial charge >= 0.3 is 0 Å². The fraction of sp³-hybridized carbons (Fsp3) is 0.267. The minimum atomic E-state index is -0.386. The molecule has 8 nitrogen and oxygen atoms in total. The molecule has 0 radical (unpaired) electrons. The second-order valence-electron chi connectivity index (χ2n) is 5.13. The number of halogens is 1. The Morgan fingerprint density at radius 3 is 2.96 bits per heavy atom. The predicted molar refractivity (Wildman–Crippen MR) is 81.2 cm³/mol. The van der Waals surface area contributed by atoms with E-state index in [1.807, 2.05) is 0 Å². The normalized spacial score (nSPS) is 10.8. The van der Waals surface area contributed by atoms with Crippen LogP contribution in [0.4, 0.5) is 4.39 Å². The summed E-state index contributed by atoms with van der Waals surface area (Å²) in [7, 11) is 0. The molecule has 2 heterocycles. The molecule has 0 saturated carbocycles. The van der Waals surface area contributed by atoms with Gasteiger partial charge < -0.3 is 9.84 Å². The Morgan fingerprint density at radius 2 is 2.21 bits per heavy atom. The molecule has 0 aliphatic heterocycles. The van der Waals surface area contributed by atoms with Gasteiger partial charge in [-0.05, 0) is 18.6 Å². The Labute approximate surface area is 136 Å². The lowest BCUT2D eigenvalue weighted by atomic mass is 10.1. The fourth-order valence-electron chi connectivity index (χ4n) is 2.09. The first-order valence-electron chi connectivity index (χ1n) is 7.33. The van der Waals surface area contributed by atoms with Gasteiger partial charge in [-0.15, -0.1) is 5.10 Å². The van der Waals surface area contributed by atoms with Crippen molar-refractivity contribution in [1.29, 1.82) is 0 Å². The number of nitrogens with one attached hydrogen (secondary N) is 1. The molecule has 24 heavy (non-hydrogen) atoms. The first kappa shape index (κ1) is 15.8. The maximum Gasteiger partial charge on any atom is 0.280 e. The van der Waals surface area contributed by atoms with Gasteiger partial charge in [0, 0.05) is 6.54 Å². The van der Waals surface area contributed by atoms with E-state index in [1.165, 1.54) is 6.07 Å². The summed E-state index contributed by atoms with van der Waals surface area (Å²) in [6, 6.07) is 6.20. The molecule has 9 heteroatoms. The van der Waals surface area contributed by atoms with E-state index in [4.69, 9.17) is 4.52 Å². The lowest BCUT2D eigenvalue weighted by molar-refractivity contribution is -0.120. The van der Waals surface area contributed by atoms with Gasteiger partial charge in [0.2, 0.25) is 5.91 Å². The smallest absolute Gasteiger partial charge is 0.280 e. The highest BCUT2D eigenvalue weighted by molar-refractivity contribution is 5.78. The first-order chi connectivity index (χ1) is 11.6. The summed E-state index contributed by atoms with van der Waals surface area (Å²) in [4.78, 5) is 15.9. The third-order valence-electron chi connectivity index (χ3n) is 3.26. The van der Waals surface area contributed by atoms with Gasteiger partial charge in [0.05, 0.1) is 19.2 Å². The highest BCUT2D eigenvalue weighted by Crippen LogP contribution is 2.12. The van der Waals surface area contributed by atoms with E-state index in [0.717, 1.165) is 0 Å². The van der Waals surface area contributed by atoms with E-state index in [2.05, 4.69) is 25.8 Å². The first-order valence-corrected chi connectivity index (χ1v) is 7.33. The Morgan fingerprint density at radius 1 is 1.38 bits per heavy atom. The number of carbonyl (C=O) groups is 1. The molecule has 0 spiro atoms. The van der Waals surface area contributed by atoms with E-state index in [1.54, 1.807) is 36.0 Å². The predicted octanol–water partition coefficient (Wildman–Crippen LogP) is 1.13. The minimum Gasteiger partial charge on any atom is -0.354 e. The molecule has 1 N–H and O–H groups in total. The van der Waals surface area contributed by atoms with Crippen molar-refractivity contribution in [2.45, 2.75) is 19.9 Å². The van der Waals surface area contributed by atoms with Crippen LogP contribution in [0, 0.1) is 12.7 Å². The highest BCUT2D eigenvalue weighted by Gasteiger charge is 2.11. The Balaban J connectivity index is 1.49. The number of nitrogens with zero attached hydrogens (tertiary/aromatic N) is 5. The van der Waals surface area contributed by atoms with E-state index >= 15 is 0 Å². The summed E-state index contributed by atoms with van der Waals surface area (Å²) in [6.45, 7) is 2.48. The molecular formula is C15H15FN6O2. The van der Waals surface area contributed by atoms with Crippen LogP contribution in [0.1, 0.15) is 11.4 Å². The molecule has 3 aromatic rings. The molecule has 1 amide bonds. The zero-order valence-corrected chi connectivity index (χ0v) is 12.9. The lowest BCUT2D eigenvalue weighted by Crippen LogP contribution is -2.29. The third kappa shape index (κ3) is 3.80. The Hall–Kier alpha value is -3.10. The fourth-order valence-corrected chi connectivity index (χ4v) is 2.09. The van der Waals surface area contributed by atoms with Crippen LogP contribution >= 0.6 is 0 Å². The Bertz CT molecular complexity index is 844. The van der Waals surface area contributed by atoms with Gasteiger partial charge in [-0.2, -0.15) is 4.98 Å². The molecule has 0 aliphatic rings. The third-order valence-corrected chi connectivity index (χ3v) is 3.26. The van der Waals surface area contributed by atoms with Gasteiger partial charge in [-0.3, -0.25) is 4.79 Å². The monoisotopic (exact) mass is 330 g/mol. The van der Waals surface area contributed by atoms with Gasteiger partial charge in [-0.1, -0.05) is 28.6 Å². The molecule has 1 aromatic carbocycles. The molecular weight excluding hydrogens is 315 g/mol. The average molecular weight is 330 g/mol. The molecule has 0 unspecified atom stereocenters. The quantitative estimate of drug-likeness (QED) is 0.727. The van der Waals surface area contributed by atoms with Gasteiger partial charge in [0.25, 0.3) is 5.89 Å². The standard InChI is InChI=1S/C15H15FN6O2/c1-10-18-15(24-20-10)13-9-22(21-19-13)7-6-17-14(23)8-11-4-2-3-5-12(11)16/h2-5,9H,6-8H2,1H3,(H,17,23). The number of aromatic nitrogens is 5. The maximum absolute atomic E-state index is 13.5. The molecule has 0 bridgehead atoms. The molecule has 0 saturated heterocycles. The summed E-state index contributed by atoms with van der Waals surface area (Å²) < 4.78 is 20.0. The van der Waals surface area contributed by atoms with Crippen LogP contribution < -0.4 is 5.32 Å². The van der Waals surface area contributed by atoms with Crippen molar-refractivity contribution in [2.75, 3.05) is 6.54 Å². The van der Waals surface area contributed by atoms with Crippen LogP contribution in [0.3, 0.4) is 0 Å². The number of hydrogen-bond acceptors (Lipinski definition) is 6. The van der Waals surface area contributed by atoms with Crippen LogP contribution in [-0.2, 0) is 17.8 Å². The SMILES string of the molecule is Cc1noc(-c2cn(CCNC(=O)Cc3ccccc3F)nn2)n1.